The highest BCUT2D eigenvalue weighted by Gasteiger charge is 2.22. The van der Waals surface area contributed by atoms with E-state index in [0.29, 0.717) is 51.9 Å². The third-order valence-electron chi connectivity index (χ3n) is 7.03. The molecule has 8 nitrogen and oxygen atoms in total. The SMILES string of the molecule is CCc1cccc(F)c1-c1ccc(C(=O)NC2CCCCC2)nc1-c1ccc(Cl)c(OCCCN(C)C)c1.Cl.O=C(O)O. The highest BCUT2D eigenvalue weighted by atomic mass is 35.5. The van der Waals surface area contributed by atoms with Crippen molar-refractivity contribution in [3.05, 3.63) is 70.6 Å². The molecule has 1 fully saturated rings. The predicted molar refractivity (Wildman–Crippen MR) is 170 cm³/mol. The zero-order valence-electron chi connectivity index (χ0n) is 24.7. The number of rotatable bonds is 10. The Labute approximate surface area is 263 Å². The van der Waals surface area contributed by atoms with E-state index in [2.05, 4.69) is 10.2 Å². The van der Waals surface area contributed by atoms with E-state index in [1.165, 1.54) is 12.5 Å². The first-order valence-electron chi connectivity index (χ1n) is 14.2. The van der Waals surface area contributed by atoms with Gasteiger partial charge in [-0.1, -0.05) is 56.0 Å². The molecule has 1 aliphatic carbocycles. The Balaban J connectivity index is 0.00000121. The molecule has 0 saturated heterocycles. The van der Waals surface area contributed by atoms with Crippen LogP contribution in [0.3, 0.4) is 0 Å². The smallest absolute Gasteiger partial charge is 0.492 e. The molecule has 234 valence electrons. The van der Waals surface area contributed by atoms with Crippen LogP contribution in [0.4, 0.5) is 9.18 Å². The van der Waals surface area contributed by atoms with E-state index in [9.17, 15) is 4.79 Å². The lowest BCUT2D eigenvalue weighted by Crippen LogP contribution is -2.36. The molecule has 2 aromatic carbocycles. The highest BCUT2D eigenvalue weighted by molar-refractivity contribution is 6.32. The molecule has 1 saturated carbocycles. The molecule has 0 aliphatic heterocycles. The molecule has 0 radical (unpaired) electrons. The van der Waals surface area contributed by atoms with E-state index >= 15 is 4.39 Å². The number of ether oxygens (including phenoxy) is 1. The number of amides is 1. The number of nitrogens with one attached hydrogen (secondary N) is 1. The molecule has 0 atom stereocenters. The average molecular weight is 637 g/mol. The van der Waals surface area contributed by atoms with Crippen molar-refractivity contribution in [3.8, 4) is 28.1 Å². The van der Waals surface area contributed by atoms with Gasteiger partial charge >= 0.3 is 6.16 Å². The lowest BCUT2D eigenvalue weighted by molar-refractivity contribution is 0.0922. The Hall–Kier alpha value is -3.40. The number of carbonyl (C=O) groups is 2. The van der Waals surface area contributed by atoms with Gasteiger partial charge in [0.1, 0.15) is 17.3 Å². The Morgan fingerprint density at radius 3 is 2.44 bits per heavy atom. The van der Waals surface area contributed by atoms with Gasteiger partial charge in [0.15, 0.2) is 0 Å². The summed E-state index contributed by atoms with van der Waals surface area (Å²) in [5.74, 6) is 0.0148. The monoisotopic (exact) mass is 635 g/mol. The first-order chi connectivity index (χ1) is 20.1. The second-order valence-corrected chi connectivity index (χ2v) is 10.9. The molecule has 3 N–H and O–H groups in total. The zero-order valence-corrected chi connectivity index (χ0v) is 26.3. The van der Waals surface area contributed by atoms with Gasteiger partial charge < -0.3 is 25.2 Å². The van der Waals surface area contributed by atoms with E-state index in [-0.39, 0.29) is 30.2 Å². The summed E-state index contributed by atoms with van der Waals surface area (Å²) in [6.45, 7) is 3.41. The zero-order chi connectivity index (χ0) is 30.6. The van der Waals surface area contributed by atoms with E-state index in [4.69, 9.17) is 36.3 Å². The van der Waals surface area contributed by atoms with Crippen LogP contribution in [0.25, 0.3) is 22.4 Å². The van der Waals surface area contributed by atoms with Crippen LogP contribution in [-0.4, -0.2) is 65.4 Å². The molecular formula is C32H40Cl2FN3O5. The number of benzene rings is 2. The molecule has 11 heteroatoms. The minimum atomic E-state index is -1.83. The molecule has 1 heterocycles. The van der Waals surface area contributed by atoms with Gasteiger partial charge in [-0.25, -0.2) is 14.2 Å². The molecule has 0 unspecified atom stereocenters. The summed E-state index contributed by atoms with van der Waals surface area (Å²) in [4.78, 5) is 28.6. The first kappa shape index (κ1) is 35.8. The van der Waals surface area contributed by atoms with Crippen molar-refractivity contribution in [3.63, 3.8) is 0 Å². The Morgan fingerprint density at radius 2 is 1.79 bits per heavy atom. The van der Waals surface area contributed by atoms with Gasteiger partial charge in [0.2, 0.25) is 0 Å². The van der Waals surface area contributed by atoms with E-state index in [1.54, 1.807) is 18.2 Å². The number of carboxylic acid groups (broad SMARTS) is 2. The number of halogens is 3. The minimum absolute atomic E-state index is 0. The van der Waals surface area contributed by atoms with Crippen molar-refractivity contribution < 1.29 is 28.9 Å². The van der Waals surface area contributed by atoms with E-state index in [0.717, 1.165) is 44.2 Å². The van der Waals surface area contributed by atoms with Crippen molar-refractivity contribution in [2.45, 2.75) is 57.9 Å². The molecule has 43 heavy (non-hydrogen) atoms. The van der Waals surface area contributed by atoms with Crippen LogP contribution in [0.15, 0.2) is 48.5 Å². The molecule has 1 aliphatic rings. The van der Waals surface area contributed by atoms with Crippen molar-refractivity contribution >= 4 is 36.1 Å². The number of pyridine rings is 1. The Morgan fingerprint density at radius 1 is 1.09 bits per heavy atom. The van der Waals surface area contributed by atoms with Crippen LogP contribution in [0.2, 0.25) is 5.02 Å². The number of carbonyl (C=O) groups excluding carboxylic acids is 1. The lowest BCUT2D eigenvalue weighted by Gasteiger charge is -2.23. The Kier molecular flexibility index (Phi) is 14.7. The topological polar surface area (TPSA) is 112 Å². The van der Waals surface area contributed by atoms with Gasteiger partial charge in [0.25, 0.3) is 5.91 Å². The summed E-state index contributed by atoms with van der Waals surface area (Å²) in [6.07, 6.45) is 5.10. The van der Waals surface area contributed by atoms with Crippen LogP contribution in [0.1, 0.15) is 61.5 Å². The van der Waals surface area contributed by atoms with Crippen molar-refractivity contribution in [1.82, 2.24) is 15.2 Å². The van der Waals surface area contributed by atoms with E-state index in [1.807, 2.05) is 45.3 Å². The molecule has 4 rings (SSSR count). The summed E-state index contributed by atoms with van der Waals surface area (Å²) in [7, 11) is 4.04. The number of hydrogen-bond acceptors (Lipinski definition) is 5. The molecular weight excluding hydrogens is 596 g/mol. The second kappa shape index (κ2) is 17.7. The fourth-order valence-corrected chi connectivity index (χ4v) is 5.17. The minimum Gasteiger partial charge on any atom is -0.492 e. The predicted octanol–water partition coefficient (Wildman–Crippen LogP) is 7.81. The molecule has 3 aromatic rings. The molecule has 1 amide bonds. The summed E-state index contributed by atoms with van der Waals surface area (Å²) in [6, 6.07) is 14.2. The van der Waals surface area contributed by atoms with Crippen LogP contribution in [-0.2, 0) is 6.42 Å². The van der Waals surface area contributed by atoms with Crippen LogP contribution >= 0.6 is 24.0 Å². The molecule has 0 bridgehead atoms. The van der Waals surface area contributed by atoms with Gasteiger partial charge in [-0.15, -0.1) is 12.4 Å². The Bertz CT molecular complexity index is 1360. The van der Waals surface area contributed by atoms with Crippen LogP contribution in [0, 0.1) is 5.82 Å². The third kappa shape index (κ3) is 10.7. The third-order valence-corrected chi connectivity index (χ3v) is 7.34. The van der Waals surface area contributed by atoms with Crippen molar-refractivity contribution in [1.29, 1.82) is 0 Å². The lowest BCUT2D eigenvalue weighted by atomic mass is 9.93. The number of aryl methyl sites for hydroxylation is 1. The fraction of sp³-hybridized carbons (Fsp3) is 0.406. The molecule has 0 spiro atoms. The van der Waals surface area contributed by atoms with Gasteiger partial charge in [-0.2, -0.15) is 0 Å². The number of hydrogen-bond donors (Lipinski definition) is 3. The van der Waals surface area contributed by atoms with Crippen LogP contribution in [0.5, 0.6) is 5.75 Å². The van der Waals surface area contributed by atoms with Gasteiger partial charge in [-0.05, 0) is 75.7 Å². The van der Waals surface area contributed by atoms with Crippen molar-refractivity contribution in [2.24, 2.45) is 0 Å². The normalized spacial score (nSPS) is 13.0. The van der Waals surface area contributed by atoms with Crippen molar-refractivity contribution in [2.75, 3.05) is 27.2 Å². The standard InChI is InChI=1S/C31H37ClFN3O2.CH2O3.ClH/c1-4-21-10-8-13-26(33)29(21)24-15-17-27(31(37)34-23-11-6-5-7-12-23)35-30(24)22-14-16-25(32)28(20-22)38-19-9-18-36(2)3;2-1(3)4;/h8,10,13-17,20,23H,4-7,9,11-12,18-19H2,1-3H3,(H,34,37);(H2,2,3,4);1H. The highest BCUT2D eigenvalue weighted by Crippen LogP contribution is 2.38. The summed E-state index contributed by atoms with van der Waals surface area (Å²) >= 11 is 6.47. The van der Waals surface area contributed by atoms with Gasteiger partial charge in [-0.3, -0.25) is 4.79 Å². The maximum atomic E-state index is 15.2. The summed E-state index contributed by atoms with van der Waals surface area (Å²) in [5, 5.41) is 17.6. The summed E-state index contributed by atoms with van der Waals surface area (Å²) < 4.78 is 21.2. The number of aromatic nitrogens is 1. The van der Waals surface area contributed by atoms with Gasteiger partial charge in [0, 0.05) is 29.3 Å². The summed E-state index contributed by atoms with van der Waals surface area (Å²) in [5.41, 5.74) is 3.56. The second-order valence-electron chi connectivity index (χ2n) is 10.5. The van der Waals surface area contributed by atoms with E-state index < -0.39 is 6.16 Å². The van der Waals surface area contributed by atoms with Gasteiger partial charge in [0.05, 0.1) is 17.3 Å². The maximum Gasteiger partial charge on any atom is 0.503 e. The largest absolute Gasteiger partial charge is 0.503 e. The number of nitrogens with zero attached hydrogens (tertiary/aromatic N) is 2. The quantitative estimate of drug-likeness (QED) is 0.195. The fourth-order valence-electron chi connectivity index (χ4n) is 5.00. The van der Waals surface area contributed by atoms with Crippen LogP contribution < -0.4 is 10.1 Å². The first-order valence-corrected chi connectivity index (χ1v) is 14.6. The molecule has 1 aromatic heterocycles. The maximum absolute atomic E-state index is 15.2. The average Bonchev–Trinajstić information content (AvgIpc) is 2.96.